The van der Waals surface area contributed by atoms with E-state index in [2.05, 4.69) is 5.32 Å². The molecule has 2 atom stereocenters. The standard InChI is InChI=1S/C24H25ClFN3O5S/c1-2-34-16-12-20(29(13-16)22(30)8-5-17-4-7-21(25)35-17)24(32)27-19-6-3-15(11-18(19)26)28-9-10-33-14-23(28)31/h3-8,11,16,20H,2,9-10,12-14H2,1H3,(H,27,32)/t16-,20-/m1/s1. The molecule has 4 rings (SSSR count). The van der Waals surface area contributed by atoms with E-state index in [1.165, 1.54) is 39.3 Å². The first-order valence-electron chi connectivity index (χ1n) is 11.2. The largest absolute Gasteiger partial charge is 0.377 e. The van der Waals surface area contributed by atoms with Crippen LogP contribution in [0.15, 0.2) is 36.4 Å². The highest BCUT2D eigenvalue weighted by Crippen LogP contribution is 2.27. The third kappa shape index (κ3) is 6.07. The summed E-state index contributed by atoms with van der Waals surface area (Å²) in [6.45, 7) is 3.18. The number of ether oxygens (including phenoxy) is 2. The Morgan fingerprint density at radius 2 is 2.17 bits per heavy atom. The number of likely N-dealkylation sites (tertiary alicyclic amines) is 1. The van der Waals surface area contributed by atoms with Crippen LogP contribution < -0.4 is 10.2 Å². The van der Waals surface area contributed by atoms with E-state index in [1.54, 1.807) is 24.3 Å². The second-order valence-electron chi connectivity index (χ2n) is 8.05. The molecule has 11 heteroatoms. The summed E-state index contributed by atoms with van der Waals surface area (Å²) in [5, 5.41) is 2.59. The van der Waals surface area contributed by atoms with Crippen LogP contribution in [0, 0.1) is 5.82 Å². The molecule has 0 bridgehead atoms. The zero-order valence-corrected chi connectivity index (χ0v) is 20.6. The van der Waals surface area contributed by atoms with Gasteiger partial charge in [0.15, 0.2) is 0 Å². The number of carbonyl (C=O) groups excluding carboxylic acids is 3. The van der Waals surface area contributed by atoms with Gasteiger partial charge < -0.3 is 24.6 Å². The Morgan fingerprint density at radius 3 is 2.86 bits per heavy atom. The molecule has 0 unspecified atom stereocenters. The number of amides is 3. The van der Waals surface area contributed by atoms with Crippen LogP contribution in [-0.4, -0.2) is 67.7 Å². The lowest BCUT2D eigenvalue weighted by Gasteiger charge is -2.27. The predicted octanol–water partition coefficient (Wildman–Crippen LogP) is 3.56. The van der Waals surface area contributed by atoms with Crippen LogP contribution in [0.3, 0.4) is 0 Å². The van der Waals surface area contributed by atoms with Crippen molar-refractivity contribution >= 4 is 58.1 Å². The summed E-state index contributed by atoms with van der Waals surface area (Å²) in [6, 6.07) is 6.89. The second-order valence-corrected chi connectivity index (χ2v) is 9.79. The van der Waals surface area contributed by atoms with Crippen molar-refractivity contribution in [1.82, 2.24) is 4.90 Å². The number of carbonyl (C=O) groups is 3. The van der Waals surface area contributed by atoms with Gasteiger partial charge >= 0.3 is 0 Å². The van der Waals surface area contributed by atoms with Crippen LogP contribution >= 0.6 is 22.9 Å². The van der Waals surface area contributed by atoms with Crippen LogP contribution in [-0.2, 0) is 23.9 Å². The molecule has 186 valence electrons. The number of hydrogen-bond acceptors (Lipinski definition) is 6. The van der Waals surface area contributed by atoms with Gasteiger partial charge in [-0.3, -0.25) is 14.4 Å². The summed E-state index contributed by atoms with van der Waals surface area (Å²) in [5.74, 6) is -1.80. The van der Waals surface area contributed by atoms with Crippen molar-refractivity contribution in [2.75, 3.05) is 43.1 Å². The fraction of sp³-hybridized carbons (Fsp3) is 0.375. The first-order chi connectivity index (χ1) is 16.9. The predicted molar refractivity (Wildman–Crippen MR) is 132 cm³/mol. The normalized spacial score (nSPS) is 20.6. The first-order valence-corrected chi connectivity index (χ1v) is 12.4. The van der Waals surface area contributed by atoms with E-state index < -0.39 is 17.8 Å². The topological polar surface area (TPSA) is 88.2 Å². The van der Waals surface area contributed by atoms with E-state index in [9.17, 15) is 18.8 Å². The van der Waals surface area contributed by atoms with Gasteiger partial charge in [-0.05, 0) is 43.3 Å². The summed E-state index contributed by atoms with van der Waals surface area (Å²) < 4.78 is 26.2. The molecule has 0 radical (unpaired) electrons. The molecule has 0 saturated carbocycles. The highest BCUT2D eigenvalue weighted by atomic mass is 35.5. The minimum absolute atomic E-state index is 0.0320. The van der Waals surface area contributed by atoms with E-state index in [0.29, 0.717) is 36.2 Å². The van der Waals surface area contributed by atoms with Gasteiger partial charge in [-0.15, -0.1) is 11.3 Å². The van der Waals surface area contributed by atoms with E-state index in [-0.39, 0.29) is 36.8 Å². The van der Waals surface area contributed by atoms with Gasteiger partial charge in [-0.25, -0.2) is 4.39 Å². The van der Waals surface area contributed by atoms with Crippen molar-refractivity contribution in [3.05, 3.63) is 51.4 Å². The van der Waals surface area contributed by atoms with Crippen LogP contribution in [0.5, 0.6) is 0 Å². The average molecular weight is 522 g/mol. The number of benzene rings is 1. The highest BCUT2D eigenvalue weighted by molar-refractivity contribution is 7.17. The quantitative estimate of drug-likeness (QED) is 0.563. The van der Waals surface area contributed by atoms with Crippen molar-refractivity contribution in [2.24, 2.45) is 0 Å². The molecule has 35 heavy (non-hydrogen) atoms. The molecule has 2 aliphatic heterocycles. The van der Waals surface area contributed by atoms with Crippen molar-refractivity contribution in [2.45, 2.75) is 25.5 Å². The lowest BCUT2D eigenvalue weighted by atomic mass is 10.1. The molecule has 1 N–H and O–H groups in total. The minimum Gasteiger partial charge on any atom is -0.377 e. The van der Waals surface area contributed by atoms with Crippen LogP contribution in [0.4, 0.5) is 15.8 Å². The number of anilines is 2. The second kappa shape index (κ2) is 11.3. The Balaban J connectivity index is 1.47. The Labute approximate surface area is 211 Å². The van der Waals surface area contributed by atoms with Crippen LogP contribution in [0.2, 0.25) is 4.34 Å². The SMILES string of the molecule is CCO[C@@H]1C[C@H](C(=O)Nc2ccc(N3CCOCC3=O)cc2F)N(C(=O)C=Cc2ccc(Cl)s2)C1. The molecule has 2 aromatic rings. The third-order valence-corrected chi connectivity index (χ3v) is 6.94. The van der Waals surface area contributed by atoms with E-state index >= 15 is 0 Å². The summed E-state index contributed by atoms with van der Waals surface area (Å²) in [4.78, 5) is 41.7. The molecule has 2 saturated heterocycles. The lowest BCUT2D eigenvalue weighted by Crippen LogP contribution is -2.42. The number of morpholine rings is 1. The van der Waals surface area contributed by atoms with Crippen molar-refractivity contribution in [3.8, 4) is 0 Å². The van der Waals surface area contributed by atoms with Gasteiger partial charge in [-0.2, -0.15) is 0 Å². The maximum absolute atomic E-state index is 14.8. The number of rotatable bonds is 7. The molecule has 0 spiro atoms. The monoisotopic (exact) mass is 521 g/mol. The summed E-state index contributed by atoms with van der Waals surface area (Å²) in [5.41, 5.74) is 0.359. The zero-order valence-electron chi connectivity index (χ0n) is 19.0. The van der Waals surface area contributed by atoms with Crippen LogP contribution in [0.25, 0.3) is 6.08 Å². The molecule has 2 aliphatic rings. The number of hydrogen-bond donors (Lipinski definition) is 1. The number of halogens is 2. The van der Waals surface area contributed by atoms with Crippen molar-refractivity contribution in [3.63, 3.8) is 0 Å². The van der Waals surface area contributed by atoms with Gasteiger partial charge in [-0.1, -0.05) is 11.6 Å². The van der Waals surface area contributed by atoms with Crippen molar-refractivity contribution in [1.29, 1.82) is 0 Å². The van der Waals surface area contributed by atoms with Gasteiger partial charge in [0.2, 0.25) is 11.8 Å². The molecule has 3 heterocycles. The smallest absolute Gasteiger partial charge is 0.253 e. The van der Waals surface area contributed by atoms with Gasteiger partial charge in [0.25, 0.3) is 5.91 Å². The number of nitrogens with one attached hydrogen (secondary N) is 1. The lowest BCUT2D eigenvalue weighted by molar-refractivity contribution is -0.132. The maximum atomic E-state index is 14.8. The molecule has 1 aromatic heterocycles. The molecular formula is C24H25ClFN3O5S. The number of nitrogens with zero attached hydrogens (tertiary/aromatic N) is 2. The Kier molecular flexibility index (Phi) is 8.17. The summed E-state index contributed by atoms with van der Waals surface area (Å²) in [7, 11) is 0. The maximum Gasteiger partial charge on any atom is 0.253 e. The van der Waals surface area contributed by atoms with Gasteiger partial charge in [0.1, 0.15) is 18.5 Å². The van der Waals surface area contributed by atoms with Crippen LogP contribution in [0.1, 0.15) is 18.2 Å². The highest BCUT2D eigenvalue weighted by Gasteiger charge is 2.39. The third-order valence-electron chi connectivity index (χ3n) is 5.74. The Hall–Kier alpha value is -2.79. The zero-order chi connectivity index (χ0) is 24.9. The number of thiophene rings is 1. The van der Waals surface area contributed by atoms with E-state index in [0.717, 1.165) is 4.88 Å². The molecule has 2 fully saturated rings. The summed E-state index contributed by atoms with van der Waals surface area (Å²) in [6.07, 6.45) is 3.04. The molecule has 3 amide bonds. The van der Waals surface area contributed by atoms with E-state index in [1.807, 2.05) is 6.92 Å². The Bertz CT molecular complexity index is 1140. The minimum atomic E-state index is -0.824. The first kappa shape index (κ1) is 25.3. The van der Waals surface area contributed by atoms with Crippen molar-refractivity contribution < 1.29 is 28.2 Å². The van der Waals surface area contributed by atoms with E-state index in [4.69, 9.17) is 21.1 Å². The molecular weight excluding hydrogens is 497 g/mol. The van der Waals surface area contributed by atoms with Gasteiger partial charge in [0, 0.05) is 42.8 Å². The average Bonchev–Trinajstić information content (AvgIpc) is 3.45. The molecule has 8 nitrogen and oxygen atoms in total. The molecule has 1 aromatic carbocycles. The summed E-state index contributed by atoms with van der Waals surface area (Å²) >= 11 is 7.27. The Morgan fingerprint density at radius 1 is 1.34 bits per heavy atom. The fourth-order valence-electron chi connectivity index (χ4n) is 4.09. The fourth-order valence-corrected chi connectivity index (χ4v) is 5.06. The van der Waals surface area contributed by atoms with Gasteiger partial charge in [0.05, 0.1) is 22.7 Å². The molecule has 0 aliphatic carbocycles.